The smallest absolute Gasteiger partial charge is 0.252 e. The van der Waals surface area contributed by atoms with Gasteiger partial charge in [0.25, 0.3) is 5.91 Å². The van der Waals surface area contributed by atoms with Crippen LogP contribution in [0.3, 0.4) is 0 Å². The highest BCUT2D eigenvalue weighted by Gasteiger charge is 2.25. The quantitative estimate of drug-likeness (QED) is 0.245. The predicted octanol–water partition coefficient (Wildman–Crippen LogP) is 4.80. The van der Waals surface area contributed by atoms with Gasteiger partial charge in [0.1, 0.15) is 5.82 Å². The Bertz CT molecular complexity index is 1550. The number of aromatic nitrogens is 3. The summed E-state index contributed by atoms with van der Waals surface area (Å²) >= 11 is 0. The van der Waals surface area contributed by atoms with Crippen LogP contribution >= 0.6 is 0 Å². The van der Waals surface area contributed by atoms with Crippen LogP contribution < -0.4 is 22.1 Å². The van der Waals surface area contributed by atoms with E-state index >= 15 is 4.39 Å². The number of nitrogens with two attached hydrogens (primary N) is 2. The summed E-state index contributed by atoms with van der Waals surface area (Å²) in [6.07, 6.45) is 1.73. The molecule has 37 heavy (non-hydrogen) atoms. The minimum Gasteiger partial charge on any atom is -0.365 e. The molecule has 6 N–H and O–H groups in total. The van der Waals surface area contributed by atoms with Gasteiger partial charge in [0.2, 0.25) is 0 Å². The molecule has 1 amide bonds. The first-order chi connectivity index (χ1) is 17.9. The summed E-state index contributed by atoms with van der Waals surface area (Å²) in [7, 11) is 1.85. The van der Waals surface area contributed by atoms with Gasteiger partial charge in [-0.05, 0) is 35.4 Å². The molecule has 9 heteroatoms. The number of nitrogens with one attached hydrogen (secondary N) is 2. The van der Waals surface area contributed by atoms with Crippen molar-refractivity contribution in [3.05, 3.63) is 114 Å². The number of rotatable bonds is 8. The second kappa shape index (κ2) is 10.1. The van der Waals surface area contributed by atoms with Crippen molar-refractivity contribution in [2.24, 2.45) is 18.5 Å². The Balaban J connectivity index is 1.53. The number of pyridine rings is 1. The molecule has 0 saturated carbocycles. The molecule has 0 aliphatic heterocycles. The highest BCUT2D eigenvalue weighted by atomic mass is 19.1. The van der Waals surface area contributed by atoms with E-state index in [1.54, 1.807) is 10.9 Å². The third-order valence-corrected chi connectivity index (χ3v) is 6.24. The number of hydrogen-bond acceptors (Lipinski definition) is 6. The number of anilines is 3. The molecule has 0 fully saturated rings. The molecular weight excluding hydrogens is 469 g/mol. The van der Waals surface area contributed by atoms with E-state index in [-0.39, 0.29) is 17.2 Å². The van der Waals surface area contributed by atoms with E-state index in [1.807, 2.05) is 85.9 Å². The van der Waals surface area contributed by atoms with Crippen molar-refractivity contribution >= 4 is 34.1 Å². The molecule has 2 atom stereocenters. The van der Waals surface area contributed by atoms with E-state index in [2.05, 4.69) is 20.7 Å². The number of carbonyl (C=O) groups is 1. The number of hydrogen-bond donors (Lipinski definition) is 4. The molecule has 5 rings (SSSR count). The summed E-state index contributed by atoms with van der Waals surface area (Å²) in [4.78, 5) is 16.6. The lowest BCUT2D eigenvalue weighted by Gasteiger charge is -2.27. The second-order valence-corrected chi connectivity index (χ2v) is 8.72. The van der Waals surface area contributed by atoms with Crippen LogP contribution in [-0.4, -0.2) is 20.7 Å². The number of primary amides is 1. The molecule has 2 aromatic heterocycles. The summed E-state index contributed by atoms with van der Waals surface area (Å²) < 4.78 is 17.0. The number of aryl methyl sites for hydroxylation is 1. The van der Waals surface area contributed by atoms with E-state index in [1.165, 1.54) is 0 Å². The molecule has 5 aromatic rings. The maximum Gasteiger partial charge on any atom is 0.252 e. The first-order valence-electron chi connectivity index (χ1n) is 11.7. The maximum absolute atomic E-state index is 15.3. The summed E-state index contributed by atoms with van der Waals surface area (Å²) in [5.74, 6) is -1.46. The largest absolute Gasteiger partial charge is 0.365 e. The lowest BCUT2D eigenvalue weighted by atomic mass is 9.94. The molecule has 0 radical (unpaired) electrons. The van der Waals surface area contributed by atoms with Gasteiger partial charge in [-0.25, -0.2) is 9.37 Å². The van der Waals surface area contributed by atoms with Gasteiger partial charge in [0.15, 0.2) is 11.6 Å². The van der Waals surface area contributed by atoms with Crippen molar-refractivity contribution in [1.29, 1.82) is 0 Å². The molecule has 0 aliphatic carbocycles. The molecule has 0 spiro atoms. The lowest BCUT2D eigenvalue weighted by molar-refractivity contribution is 0.100. The van der Waals surface area contributed by atoms with E-state index in [0.717, 1.165) is 28.1 Å². The van der Waals surface area contributed by atoms with Gasteiger partial charge in [0, 0.05) is 18.1 Å². The normalized spacial score (nSPS) is 12.7. The van der Waals surface area contributed by atoms with Crippen LogP contribution in [0.15, 0.2) is 91.1 Å². The van der Waals surface area contributed by atoms with Crippen molar-refractivity contribution in [1.82, 2.24) is 14.8 Å². The van der Waals surface area contributed by atoms with Crippen molar-refractivity contribution in [3.63, 3.8) is 0 Å². The summed E-state index contributed by atoms with van der Waals surface area (Å²) in [6.45, 7) is 0. The number of fused-ring (bicyclic) bond motifs is 1. The number of carbonyl (C=O) groups excluding carboxylic acids is 1. The second-order valence-electron chi connectivity index (χ2n) is 8.72. The van der Waals surface area contributed by atoms with Crippen LogP contribution in [0.4, 0.5) is 21.7 Å². The Hall–Kier alpha value is -4.76. The third-order valence-electron chi connectivity index (χ3n) is 6.24. The Labute approximate surface area is 213 Å². The van der Waals surface area contributed by atoms with E-state index in [9.17, 15) is 4.79 Å². The molecule has 3 aromatic carbocycles. The molecule has 2 heterocycles. The van der Waals surface area contributed by atoms with Crippen LogP contribution in [0.5, 0.6) is 0 Å². The lowest BCUT2D eigenvalue weighted by Crippen LogP contribution is -2.27. The van der Waals surface area contributed by atoms with Crippen LogP contribution in [0.1, 0.15) is 33.6 Å². The van der Waals surface area contributed by atoms with Gasteiger partial charge in [-0.2, -0.15) is 5.10 Å². The highest BCUT2D eigenvalue weighted by Crippen LogP contribution is 2.33. The number of halogens is 1. The average molecular weight is 496 g/mol. The number of nitrogens with zero attached hydrogens (tertiary/aromatic N) is 3. The SMILES string of the molecule is Cn1ncc2cc(Nc3nc(N[C@H](c4ccccc4)[C@@H](N)c4ccccc4)c(F)cc3C(N)=O)ccc21. The minimum atomic E-state index is -0.802. The summed E-state index contributed by atoms with van der Waals surface area (Å²) in [5, 5.41) is 11.4. The zero-order valence-corrected chi connectivity index (χ0v) is 20.1. The van der Waals surface area contributed by atoms with E-state index < -0.39 is 23.8 Å². The molecular formula is C28H26FN7O. The minimum absolute atomic E-state index is 0.0600. The topological polar surface area (TPSA) is 124 Å². The van der Waals surface area contributed by atoms with Gasteiger partial charge in [-0.3, -0.25) is 9.48 Å². The van der Waals surface area contributed by atoms with Crippen LogP contribution in [-0.2, 0) is 7.05 Å². The van der Waals surface area contributed by atoms with Crippen LogP contribution in [0, 0.1) is 5.82 Å². The summed E-state index contributed by atoms with van der Waals surface area (Å²) in [5.41, 5.74) is 15.5. The Kier molecular flexibility index (Phi) is 6.53. The van der Waals surface area contributed by atoms with E-state index in [4.69, 9.17) is 11.5 Å². The fourth-order valence-corrected chi connectivity index (χ4v) is 4.31. The molecule has 8 nitrogen and oxygen atoms in total. The van der Waals surface area contributed by atoms with Gasteiger partial charge in [-0.15, -0.1) is 0 Å². The molecule has 0 unspecified atom stereocenters. The van der Waals surface area contributed by atoms with E-state index in [0.29, 0.717) is 5.69 Å². The first kappa shape index (κ1) is 24.0. The summed E-state index contributed by atoms with van der Waals surface area (Å²) in [6, 6.07) is 24.7. The molecule has 0 bridgehead atoms. The first-order valence-corrected chi connectivity index (χ1v) is 11.7. The van der Waals surface area contributed by atoms with Crippen molar-refractivity contribution in [3.8, 4) is 0 Å². The fourth-order valence-electron chi connectivity index (χ4n) is 4.31. The standard InChI is InChI=1S/C28H26FN7O/c1-36-23-13-12-20(14-19(23)16-32-36)33-27-21(26(31)37)15-22(29)28(35-27)34-25(18-10-6-3-7-11-18)24(30)17-8-4-2-5-9-17/h2-16,24-25H,30H2,1H3,(H2,31,37)(H2,33,34,35)/t24-,25+/m0/s1. The maximum atomic E-state index is 15.3. The highest BCUT2D eigenvalue weighted by molar-refractivity contribution is 5.99. The molecule has 0 saturated heterocycles. The monoisotopic (exact) mass is 495 g/mol. The van der Waals surface area contributed by atoms with Gasteiger partial charge in [-0.1, -0.05) is 60.7 Å². The van der Waals surface area contributed by atoms with Crippen LogP contribution in [0.2, 0.25) is 0 Å². The van der Waals surface area contributed by atoms with Crippen molar-refractivity contribution in [2.75, 3.05) is 10.6 Å². The van der Waals surface area contributed by atoms with Gasteiger partial charge in [0.05, 0.1) is 29.4 Å². The predicted molar refractivity (Wildman–Crippen MR) is 143 cm³/mol. The Morgan fingerprint density at radius 1 is 0.946 bits per heavy atom. The Morgan fingerprint density at radius 3 is 2.30 bits per heavy atom. The van der Waals surface area contributed by atoms with Crippen LogP contribution in [0.25, 0.3) is 10.9 Å². The van der Waals surface area contributed by atoms with Gasteiger partial charge < -0.3 is 22.1 Å². The van der Waals surface area contributed by atoms with Crippen molar-refractivity contribution in [2.45, 2.75) is 12.1 Å². The Morgan fingerprint density at radius 2 is 1.62 bits per heavy atom. The zero-order valence-electron chi connectivity index (χ0n) is 20.1. The van der Waals surface area contributed by atoms with Crippen molar-refractivity contribution < 1.29 is 9.18 Å². The zero-order chi connectivity index (χ0) is 25.9. The van der Waals surface area contributed by atoms with Gasteiger partial charge >= 0.3 is 0 Å². The fraction of sp³-hybridized carbons (Fsp3) is 0.107. The molecule has 0 aliphatic rings. The average Bonchev–Trinajstić information content (AvgIpc) is 3.29. The molecule has 186 valence electrons. The number of benzene rings is 3. The third kappa shape index (κ3) is 4.98. The number of amides is 1.